The van der Waals surface area contributed by atoms with Gasteiger partial charge in [0.1, 0.15) is 0 Å². The van der Waals surface area contributed by atoms with Crippen molar-refractivity contribution in [1.29, 1.82) is 0 Å². The highest BCUT2D eigenvalue weighted by Gasteiger charge is 2.27. The number of rotatable bonds is 4. The van der Waals surface area contributed by atoms with Crippen LogP contribution in [0.3, 0.4) is 0 Å². The molecular weight excluding hydrogens is 270 g/mol. The van der Waals surface area contributed by atoms with Crippen molar-refractivity contribution in [1.82, 2.24) is 5.32 Å². The molecule has 0 bridgehead atoms. The molecular formula is C16H19NO4. The second kappa shape index (κ2) is 6.52. The normalized spacial score (nSPS) is 21.6. The van der Waals surface area contributed by atoms with Gasteiger partial charge in [-0.2, -0.15) is 0 Å². The lowest BCUT2D eigenvalue weighted by Crippen LogP contribution is -2.39. The first-order valence-corrected chi connectivity index (χ1v) is 7.12. The zero-order chi connectivity index (χ0) is 15.4. The molecule has 1 aliphatic carbocycles. The fourth-order valence-electron chi connectivity index (χ4n) is 2.74. The molecule has 0 atom stereocenters. The summed E-state index contributed by atoms with van der Waals surface area (Å²) < 4.78 is 0. The average Bonchev–Trinajstić information content (AvgIpc) is 2.47. The molecule has 0 radical (unpaired) electrons. The second-order valence-electron chi connectivity index (χ2n) is 5.46. The minimum atomic E-state index is -0.762. The second-order valence-corrected chi connectivity index (χ2v) is 5.46. The van der Waals surface area contributed by atoms with Crippen LogP contribution in [0, 0.1) is 5.92 Å². The first-order chi connectivity index (χ1) is 9.99. The maximum absolute atomic E-state index is 12.3. The van der Waals surface area contributed by atoms with Crippen LogP contribution in [-0.2, 0) is 4.79 Å². The molecule has 0 spiro atoms. The number of ketones is 1. The molecule has 2 N–H and O–H groups in total. The molecule has 1 fully saturated rings. The molecule has 1 amide bonds. The Labute approximate surface area is 123 Å². The zero-order valence-electron chi connectivity index (χ0n) is 12.0. The molecule has 5 heteroatoms. The lowest BCUT2D eigenvalue weighted by Gasteiger charge is -2.27. The number of Topliss-reactive ketones (excluding diaryl/α,β-unsaturated/α-hetero) is 1. The maximum atomic E-state index is 12.3. The molecule has 5 nitrogen and oxygen atoms in total. The van der Waals surface area contributed by atoms with Crippen molar-refractivity contribution in [2.45, 2.75) is 38.6 Å². The highest BCUT2D eigenvalue weighted by atomic mass is 16.4. The number of nitrogens with one attached hydrogen (secondary N) is 1. The Morgan fingerprint density at radius 2 is 1.62 bits per heavy atom. The summed E-state index contributed by atoms with van der Waals surface area (Å²) in [7, 11) is 0. The number of carbonyl (C=O) groups is 3. The summed E-state index contributed by atoms with van der Waals surface area (Å²) in [6, 6.07) is 6.70. The molecule has 0 unspecified atom stereocenters. The Morgan fingerprint density at radius 1 is 1.05 bits per heavy atom. The van der Waals surface area contributed by atoms with Crippen molar-refractivity contribution in [3.8, 4) is 0 Å². The van der Waals surface area contributed by atoms with Crippen LogP contribution in [0.15, 0.2) is 24.3 Å². The van der Waals surface area contributed by atoms with Gasteiger partial charge in [0.2, 0.25) is 0 Å². The maximum Gasteiger partial charge on any atom is 0.306 e. The minimum Gasteiger partial charge on any atom is -0.481 e. The van der Waals surface area contributed by atoms with E-state index in [0.29, 0.717) is 36.8 Å². The lowest BCUT2D eigenvalue weighted by atomic mass is 9.86. The van der Waals surface area contributed by atoms with Gasteiger partial charge < -0.3 is 10.4 Å². The van der Waals surface area contributed by atoms with Gasteiger partial charge in [-0.1, -0.05) is 18.2 Å². The average molecular weight is 289 g/mol. The van der Waals surface area contributed by atoms with Gasteiger partial charge in [0.05, 0.1) is 11.5 Å². The third kappa shape index (κ3) is 3.68. The third-order valence-electron chi connectivity index (χ3n) is 3.96. The van der Waals surface area contributed by atoms with Crippen molar-refractivity contribution in [2.75, 3.05) is 0 Å². The molecule has 0 aliphatic heterocycles. The predicted molar refractivity (Wildman–Crippen MR) is 77.3 cm³/mol. The minimum absolute atomic E-state index is 0.0203. The van der Waals surface area contributed by atoms with E-state index in [-0.39, 0.29) is 23.7 Å². The molecule has 21 heavy (non-hydrogen) atoms. The molecule has 1 aromatic rings. The van der Waals surface area contributed by atoms with Crippen LogP contribution in [0.25, 0.3) is 0 Å². The van der Waals surface area contributed by atoms with Gasteiger partial charge in [-0.15, -0.1) is 0 Å². The Hall–Kier alpha value is -2.17. The molecule has 1 saturated carbocycles. The number of amides is 1. The van der Waals surface area contributed by atoms with E-state index in [1.165, 1.54) is 6.92 Å². The SMILES string of the molecule is CC(=O)c1ccccc1C(=O)NC1CCC(C(=O)O)CC1. The third-order valence-corrected chi connectivity index (χ3v) is 3.96. The number of aliphatic carboxylic acids is 1. The number of carboxylic acids is 1. The fourth-order valence-corrected chi connectivity index (χ4v) is 2.74. The van der Waals surface area contributed by atoms with E-state index in [0.717, 1.165) is 0 Å². The summed E-state index contributed by atoms with van der Waals surface area (Å²) in [6.07, 6.45) is 2.47. The summed E-state index contributed by atoms with van der Waals surface area (Å²) in [4.78, 5) is 34.7. The van der Waals surface area contributed by atoms with E-state index < -0.39 is 5.97 Å². The van der Waals surface area contributed by atoms with Crippen molar-refractivity contribution in [3.63, 3.8) is 0 Å². The standard InChI is InChI=1S/C16H19NO4/c1-10(18)13-4-2-3-5-14(13)15(19)17-12-8-6-11(7-9-12)16(20)21/h2-5,11-12H,6-9H2,1H3,(H,17,19)(H,20,21). The van der Waals surface area contributed by atoms with Crippen molar-refractivity contribution in [3.05, 3.63) is 35.4 Å². The monoisotopic (exact) mass is 289 g/mol. The van der Waals surface area contributed by atoms with Gasteiger partial charge in [-0.3, -0.25) is 14.4 Å². The number of benzene rings is 1. The topological polar surface area (TPSA) is 83.5 Å². The summed E-state index contributed by atoms with van der Waals surface area (Å²) >= 11 is 0. The Morgan fingerprint density at radius 3 is 2.14 bits per heavy atom. The largest absolute Gasteiger partial charge is 0.481 e. The van der Waals surface area contributed by atoms with Crippen LogP contribution in [0.4, 0.5) is 0 Å². The van der Waals surface area contributed by atoms with Gasteiger partial charge in [0.25, 0.3) is 5.91 Å². The van der Waals surface area contributed by atoms with E-state index in [9.17, 15) is 14.4 Å². The van der Waals surface area contributed by atoms with E-state index in [2.05, 4.69) is 5.32 Å². The summed E-state index contributed by atoms with van der Waals surface area (Å²) in [5.74, 6) is -1.47. The highest BCUT2D eigenvalue weighted by Crippen LogP contribution is 2.24. The number of hydrogen-bond donors (Lipinski definition) is 2. The van der Waals surface area contributed by atoms with Crippen molar-refractivity contribution < 1.29 is 19.5 Å². The Bertz CT molecular complexity index is 559. The molecule has 0 saturated heterocycles. The van der Waals surface area contributed by atoms with E-state index >= 15 is 0 Å². The zero-order valence-corrected chi connectivity index (χ0v) is 12.0. The highest BCUT2D eigenvalue weighted by molar-refractivity contribution is 6.07. The van der Waals surface area contributed by atoms with Crippen LogP contribution in [0.5, 0.6) is 0 Å². The number of carboxylic acid groups (broad SMARTS) is 1. The summed E-state index contributed by atoms with van der Waals surface area (Å²) in [6.45, 7) is 1.43. The molecule has 0 aromatic heterocycles. The van der Waals surface area contributed by atoms with Crippen LogP contribution < -0.4 is 5.32 Å². The van der Waals surface area contributed by atoms with Gasteiger partial charge >= 0.3 is 5.97 Å². The van der Waals surface area contributed by atoms with Gasteiger partial charge in [0.15, 0.2) is 5.78 Å². The fraction of sp³-hybridized carbons (Fsp3) is 0.438. The quantitative estimate of drug-likeness (QED) is 0.833. The van der Waals surface area contributed by atoms with Crippen LogP contribution >= 0.6 is 0 Å². The molecule has 0 heterocycles. The van der Waals surface area contributed by atoms with Gasteiger partial charge in [-0.25, -0.2) is 0 Å². The summed E-state index contributed by atoms with van der Waals surface area (Å²) in [5, 5.41) is 11.9. The van der Waals surface area contributed by atoms with Gasteiger partial charge in [-0.05, 0) is 38.7 Å². The van der Waals surface area contributed by atoms with Crippen LogP contribution in [0.2, 0.25) is 0 Å². The smallest absolute Gasteiger partial charge is 0.306 e. The van der Waals surface area contributed by atoms with E-state index in [1.54, 1.807) is 24.3 Å². The lowest BCUT2D eigenvalue weighted by molar-refractivity contribution is -0.142. The van der Waals surface area contributed by atoms with E-state index in [1.807, 2.05) is 0 Å². The van der Waals surface area contributed by atoms with Crippen molar-refractivity contribution >= 4 is 17.7 Å². The predicted octanol–water partition coefficient (Wildman–Crippen LogP) is 2.26. The molecule has 1 aromatic carbocycles. The Balaban J connectivity index is 2.00. The molecule has 112 valence electrons. The first kappa shape index (κ1) is 15.2. The van der Waals surface area contributed by atoms with Gasteiger partial charge in [0, 0.05) is 11.6 Å². The van der Waals surface area contributed by atoms with Crippen LogP contribution in [-0.4, -0.2) is 28.8 Å². The Kier molecular flexibility index (Phi) is 4.73. The molecule has 2 rings (SSSR count). The first-order valence-electron chi connectivity index (χ1n) is 7.12. The number of carbonyl (C=O) groups excluding carboxylic acids is 2. The summed E-state index contributed by atoms with van der Waals surface area (Å²) in [5.41, 5.74) is 0.791. The van der Waals surface area contributed by atoms with Crippen LogP contribution in [0.1, 0.15) is 53.3 Å². The van der Waals surface area contributed by atoms with E-state index in [4.69, 9.17) is 5.11 Å². The van der Waals surface area contributed by atoms with Crippen molar-refractivity contribution in [2.24, 2.45) is 5.92 Å². The number of hydrogen-bond acceptors (Lipinski definition) is 3. The molecule has 1 aliphatic rings.